The number of benzene rings is 2. The molecule has 26 heavy (non-hydrogen) atoms. The molecule has 2 aromatic carbocycles. The summed E-state index contributed by atoms with van der Waals surface area (Å²) < 4.78 is 5.29. The SMILES string of the molecule is COc1cc(CC(=O)NCc2ccc(NC(=O)C(C)C)cc2)ccc1C. The Morgan fingerprint density at radius 2 is 1.69 bits per heavy atom. The normalized spacial score (nSPS) is 10.5. The maximum Gasteiger partial charge on any atom is 0.226 e. The molecule has 0 aliphatic carbocycles. The first-order valence-electron chi connectivity index (χ1n) is 8.69. The van der Waals surface area contributed by atoms with Crippen LogP contribution in [0.3, 0.4) is 0 Å². The highest BCUT2D eigenvalue weighted by atomic mass is 16.5. The number of anilines is 1. The van der Waals surface area contributed by atoms with E-state index in [-0.39, 0.29) is 17.7 Å². The Kier molecular flexibility index (Phi) is 6.78. The summed E-state index contributed by atoms with van der Waals surface area (Å²) >= 11 is 0. The van der Waals surface area contributed by atoms with Gasteiger partial charge < -0.3 is 15.4 Å². The van der Waals surface area contributed by atoms with Gasteiger partial charge in [-0.05, 0) is 41.8 Å². The minimum atomic E-state index is -0.0608. The Morgan fingerprint density at radius 3 is 2.31 bits per heavy atom. The van der Waals surface area contributed by atoms with E-state index in [4.69, 9.17) is 4.74 Å². The molecule has 0 radical (unpaired) electrons. The largest absolute Gasteiger partial charge is 0.496 e. The van der Waals surface area contributed by atoms with Crippen molar-refractivity contribution < 1.29 is 14.3 Å². The van der Waals surface area contributed by atoms with E-state index in [0.717, 1.165) is 28.1 Å². The predicted molar refractivity (Wildman–Crippen MR) is 103 cm³/mol. The molecule has 5 heteroatoms. The average Bonchev–Trinajstić information content (AvgIpc) is 2.62. The van der Waals surface area contributed by atoms with Crippen molar-refractivity contribution in [1.29, 1.82) is 0 Å². The Hall–Kier alpha value is -2.82. The fourth-order valence-electron chi connectivity index (χ4n) is 2.42. The molecule has 2 aromatic rings. The summed E-state index contributed by atoms with van der Waals surface area (Å²) in [6.45, 7) is 6.11. The second-order valence-electron chi connectivity index (χ2n) is 6.60. The molecular weight excluding hydrogens is 328 g/mol. The molecule has 0 heterocycles. The van der Waals surface area contributed by atoms with Crippen LogP contribution in [0.1, 0.15) is 30.5 Å². The van der Waals surface area contributed by atoms with E-state index in [9.17, 15) is 9.59 Å². The lowest BCUT2D eigenvalue weighted by Crippen LogP contribution is -2.24. The molecule has 0 aliphatic heterocycles. The predicted octanol–water partition coefficient (Wildman–Crippen LogP) is 3.46. The van der Waals surface area contributed by atoms with Gasteiger partial charge in [0.15, 0.2) is 0 Å². The molecule has 2 N–H and O–H groups in total. The molecule has 0 aromatic heterocycles. The highest BCUT2D eigenvalue weighted by Gasteiger charge is 2.08. The second-order valence-corrected chi connectivity index (χ2v) is 6.60. The number of ether oxygens (including phenoxy) is 1. The topological polar surface area (TPSA) is 67.4 Å². The molecule has 5 nitrogen and oxygen atoms in total. The quantitative estimate of drug-likeness (QED) is 0.800. The number of hydrogen-bond acceptors (Lipinski definition) is 3. The molecule has 0 fully saturated rings. The van der Waals surface area contributed by atoms with E-state index in [2.05, 4.69) is 10.6 Å². The lowest BCUT2D eigenvalue weighted by atomic mass is 10.1. The van der Waals surface area contributed by atoms with Crippen LogP contribution in [0, 0.1) is 12.8 Å². The van der Waals surface area contributed by atoms with Crippen LogP contribution in [0.25, 0.3) is 0 Å². The van der Waals surface area contributed by atoms with Crippen LogP contribution in [-0.4, -0.2) is 18.9 Å². The van der Waals surface area contributed by atoms with Crippen LogP contribution in [0.2, 0.25) is 0 Å². The number of carbonyl (C=O) groups excluding carboxylic acids is 2. The Morgan fingerprint density at radius 1 is 1.04 bits per heavy atom. The molecule has 0 saturated carbocycles. The van der Waals surface area contributed by atoms with Crippen LogP contribution in [-0.2, 0) is 22.6 Å². The average molecular weight is 354 g/mol. The summed E-state index contributed by atoms with van der Waals surface area (Å²) in [5.74, 6) is 0.663. The Bertz CT molecular complexity index is 767. The van der Waals surface area contributed by atoms with Crippen molar-refractivity contribution in [1.82, 2.24) is 5.32 Å². The van der Waals surface area contributed by atoms with Crippen LogP contribution < -0.4 is 15.4 Å². The molecule has 2 rings (SSSR count). The first kappa shape index (κ1) is 19.5. The van der Waals surface area contributed by atoms with Crippen molar-refractivity contribution in [2.45, 2.75) is 33.7 Å². The smallest absolute Gasteiger partial charge is 0.226 e. The molecule has 0 atom stereocenters. The van der Waals surface area contributed by atoms with Crippen LogP contribution in [0.4, 0.5) is 5.69 Å². The maximum atomic E-state index is 12.1. The summed E-state index contributed by atoms with van der Waals surface area (Å²) in [5.41, 5.74) is 3.69. The third-order valence-corrected chi connectivity index (χ3v) is 4.07. The first-order valence-corrected chi connectivity index (χ1v) is 8.69. The van der Waals surface area contributed by atoms with E-state index in [1.54, 1.807) is 7.11 Å². The molecule has 0 saturated heterocycles. The molecule has 0 spiro atoms. The van der Waals surface area contributed by atoms with Crippen molar-refractivity contribution in [3.05, 3.63) is 59.2 Å². The van der Waals surface area contributed by atoms with E-state index in [1.165, 1.54) is 0 Å². The monoisotopic (exact) mass is 354 g/mol. The first-order chi connectivity index (χ1) is 12.4. The van der Waals surface area contributed by atoms with Gasteiger partial charge in [0, 0.05) is 18.2 Å². The number of methoxy groups -OCH3 is 1. The van der Waals surface area contributed by atoms with Gasteiger partial charge in [0.2, 0.25) is 11.8 Å². The highest BCUT2D eigenvalue weighted by molar-refractivity contribution is 5.92. The number of amides is 2. The number of nitrogens with one attached hydrogen (secondary N) is 2. The van der Waals surface area contributed by atoms with Crippen molar-refractivity contribution >= 4 is 17.5 Å². The second kappa shape index (κ2) is 9.04. The fraction of sp³-hybridized carbons (Fsp3) is 0.333. The van der Waals surface area contributed by atoms with Crippen molar-refractivity contribution in [3.8, 4) is 5.75 Å². The van der Waals surface area contributed by atoms with Crippen molar-refractivity contribution in [2.75, 3.05) is 12.4 Å². The van der Waals surface area contributed by atoms with Gasteiger partial charge in [-0.2, -0.15) is 0 Å². The van der Waals surface area contributed by atoms with E-state index >= 15 is 0 Å². The molecule has 0 unspecified atom stereocenters. The van der Waals surface area contributed by atoms with Crippen LogP contribution >= 0.6 is 0 Å². The summed E-state index contributed by atoms with van der Waals surface area (Å²) in [6.07, 6.45) is 0.305. The third-order valence-electron chi connectivity index (χ3n) is 4.07. The van der Waals surface area contributed by atoms with Gasteiger partial charge in [0.05, 0.1) is 13.5 Å². The van der Waals surface area contributed by atoms with Gasteiger partial charge in [-0.1, -0.05) is 38.1 Å². The summed E-state index contributed by atoms with van der Waals surface area (Å²) in [7, 11) is 1.62. The Balaban J connectivity index is 1.86. The zero-order valence-electron chi connectivity index (χ0n) is 15.8. The van der Waals surface area contributed by atoms with Crippen molar-refractivity contribution in [2.24, 2.45) is 5.92 Å². The molecular formula is C21H26N2O3. The fourth-order valence-corrected chi connectivity index (χ4v) is 2.42. The molecule has 2 amide bonds. The van der Waals surface area contributed by atoms with Gasteiger partial charge in [-0.25, -0.2) is 0 Å². The highest BCUT2D eigenvalue weighted by Crippen LogP contribution is 2.19. The van der Waals surface area contributed by atoms with Gasteiger partial charge in [0.25, 0.3) is 0 Å². The summed E-state index contributed by atoms with van der Waals surface area (Å²) in [5, 5.41) is 5.75. The number of aryl methyl sites for hydroxylation is 1. The standard InChI is InChI=1S/C21H26N2O3/c1-14(2)21(25)23-18-9-7-16(8-10-18)13-22-20(24)12-17-6-5-15(3)19(11-17)26-4/h5-11,14H,12-13H2,1-4H3,(H,22,24)(H,23,25). The molecule has 0 bridgehead atoms. The van der Waals surface area contributed by atoms with Gasteiger partial charge >= 0.3 is 0 Å². The minimum Gasteiger partial charge on any atom is -0.496 e. The van der Waals surface area contributed by atoms with Crippen molar-refractivity contribution in [3.63, 3.8) is 0 Å². The zero-order chi connectivity index (χ0) is 19.1. The van der Waals surface area contributed by atoms with E-state index < -0.39 is 0 Å². The van der Waals surface area contributed by atoms with Gasteiger partial charge in [0.1, 0.15) is 5.75 Å². The van der Waals surface area contributed by atoms with E-state index in [1.807, 2.05) is 63.2 Å². The van der Waals surface area contributed by atoms with Crippen LogP contribution in [0.15, 0.2) is 42.5 Å². The van der Waals surface area contributed by atoms with Gasteiger partial charge in [-0.3, -0.25) is 9.59 Å². The molecule has 138 valence electrons. The van der Waals surface area contributed by atoms with E-state index in [0.29, 0.717) is 13.0 Å². The van der Waals surface area contributed by atoms with Crippen LogP contribution in [0.5, 0.6) is 5.75 Å². The minimum absolute atomic E-state index is 0.0143. The van der Waals surface area contributed by atoms with Gasteiger partial charge in [-0.15, -0.1) is 0 Å². The lowest BCUT2D eigenvalue weighted by Gasteiger charge is -2.10. The number of rotatable bonds is 7. The summed E-state index contributed by atoms with van der Waals surface area (Å²) in [6, 6.07) is 13.2. The number of hydrogen-bond donors (Lipinski definition) is 2. The zero-order valence-corrected chi connectivity index (χ0v) is 15.8. The number of carbonyl (C=O) groups is 2. The third kappa shape index (κ3) is 5.62. The molecule has 0 aliphatic rings. The lowest BCUT2D eigenvalue weighted by molar-refractivity contribution is -0.120. The Labute approximate surface area is 154 Å². The maximum absolute atomic E-state index is 12.1. The summed E-state index contributed by atoms with van der Waals surface area (Å²) in [4.78, 5) is 23.8.